The zero-order chi connectivity index (χ0) is 14.0. The summed E-state index contributed by atoms with van der Waals surface area (Å²) >= 11 is 0. The van der Waals surface area contributed by atoms with E-state index in [1.54, 1.807) is 6.92 Å². The maximum absolute atomic E-state index is 11.8. The van der Waals surface area contributed by atoms with E-state index in [4.69, 9.17) is 5.73 Å². The average molecular weight is 269 g/mol. The monoisotopic (exact) mass is 269 g/mol. The van der Waals surface area contributed by atoms with Crippen molar-refractivity contribution in [1.29, 1.82) is 0 Å². The summed E-state index contributed by atoms with van der Waals surface area (Å²) in [4.78, 5) is 0. The molecule has 1 rings (SSSR count). The third-order valence-electron chi connectivity index (χ3n) is 2.72. The van der Waals surface area contributed by atoms with Gasteiger partial charge in [0, 0.05) is 6.04 Å². The van der Waals surface area contributed by atoms with Crippen molar-refractivity contribution in [2.24, 2.45) is 5.73 Å². The highest BCUT2D eigenvalue weighted by Gasteiger charge is 2.16. The van der Waals surface area contributed by atoms with Crippen molar-refractivity contribution in [3.63, 3.8) is 0 Å². The fraction of sp³-hybridized carbons (Fsp3) is 0.571. The lowest BCUT2D eigenvalue weighted by atomic mass is 9.87. The molecule has 0 saturated carbocycles. The molecule has 2 N–H and O–H groups in total. The molecule has 0 aromatic heterocycles. The SMILES string of the molecule is CC(N)CS(=O)(=O)Cc1ccc(C(C)(C)C)cc1. The van der Waals surface area contributed by atoms with Crippen LogP contribution in [0.4, 0.5) is 0 Å². The van der Waals surface area contributed by atoms with Gasteiger partial charge in [-0.1, -0.05) is 45.0 Å². The molecule has 0 spiro atoms. The summed E-state index contributed by atoms with van der Waals surface area (Å²) in [5.41, 5.74) is 7.65. The minimum Gasteiger partial charge on any atom is -0.327 e. The molecule has 102 valence electrons. The lowest BCUT2D eigenvalue weighted by molar-refractivity contribution is 0.588. The van der Waals surface area contributed by atoms with E-state index in [1.807, 2.05) is 24.3 Å². The molecule has 1 unspecified atom stereocenters. The van der Waals surface area contributed by atoms with E-state index >= 15 is 0 Å². The third-order valence-corrected chi connectivity index (χ3v) is 4.53. The molecule has 0 aliphatic carbocycles. The molecular weight excluding hydrogens is 246 g/mol. The van der Waals surface area contributed by atoms with E-state index < -0.39 is 9.84 Å². The van der Waals surface area contributed by atoms with Crippen LogP contribution in [0.3, 0.4) is 0 Å². The first-order chi connectivity index (χ1) is 8.10. The van der Waals surface area contributed by atoms with Crippen LogP contribution in [0.1, 0.15) is 38.8 Å². The summed E-state index contributed by atoms with van der Waals surface area (Å²) in [6.45, 7) is 8.11. The van der Waals surface area contributed by atoms with Crippen LogP contribution in [-0.4, -0.2) is 20.2 Å². The van der Waals surface area contributed by atoms with Crippen LogP contribution < -0.4 is 5.73 Å². The Hall–Kier alpha value is -0.870. The highest BCUT2D eigenvalue weighted by Crippen LogP contribution is 2.22. The van der Waals surface area contributed by atoms with E-state index in [1.165, 1.54) is 5.56 Å². The zero-order valence-corrected chi connectivity index (χ0v) is 12.4. The molecule has 1 aromatic rings. The van der Waals surface area contributed by atoms with Gasteiger partial charge in [0.15, 0.2) is 9.84 Å². The second-order valence-electron chi connectivity index (χ2n) is 5.98. The van der Waals surface area contributed by atoms with Gasteiger partial charge in [-0.15, -0.1) is 0 Å². The first-order valence-electron chi connectivity index (χ1n) is 6.15. The van der Waals surface area contributed by atoms with Crippen LogP contribution in [0, 0.1) is 0 Å². The number of benzene rings is 1. The first kappa shape index (κ1) is 15.2. The fourth-order valence-corrected chi connectivity index (χ4v) is 3.43. The summed E-state index contributed by atoms with van der Waals surface area (Å²) in [6.07, 6.45) is 0. The highest BCUT2D eigenvalue weighted by atomic mass is 32.2. The Balaban J connectivity index is 2.82. The second kappa shape index (κ2) is 5.41. The predicted molar refractivity (Wildman–Crippen MR) is 76.3 cm³/mol. The summed E-state index contributed by atoms with van der Waals surface area (Å²) in [5, 5.41) is 0. The van der Waals surface area contributed by atoms with Gasteiger partial charge in [0.25, 0.3) is 0 Å². The van der Waals surface area contributed by atoms with Crippen LogP contribution in [-0.2, 0) is 21.0 Å². The predicted octanol–water partition coefficient (Wildman–Crippen LogP) is 2.25. The van der Waals surface area contributed by atoms with E-state index in [2.05, 4.69) is 20.8 Å². The molecule has 0 bridgehead atoms. The molecule has 0 amide bonds. The standard InChI is InChI=1S/C14H23NO2S/c1-11(15)9-18(16,17)10-12-5-7-13(8-6-12)14(2,3)4/h5-8,11H,9-10,15H2,1-4H3. The molecule has 0 aliphatic rings. The molecule has 0 aliphatic heterocycles. The van der Waals surface area contributed by atoms with Crippen molar-refractivity contribution in [2.45, 2.75) is 44.9 Å². The first-order valence-corrected chi connectivity index (χ1v) is 7.98. The van der Waals surface area contributed by atoms with Gasteiger partial charge in [-0.3, -0.25) is 0 Å². The van der Waals surface area contributed by atoms with E-state index in [0.717, 1.165) is 5.56 Å². The molecule has 0 saturated heterocycles. The minimum atomic E-state index is -3.11. The lowest BCUT2D eigenvalue weighted by Gasteiger charge is -2.19. The summed E-state index contributed by atoms with van der Waals surface area (Å²) in [6, 6.07) is 7.45. The van der Waals surface area contributed by atoms with Crippen molar-refractivity contribution >= 4 is 9.84 Å². The van der Waals surface area contributed by atoms with Gasteiger partial charge < -0.3 is 5.73 Å². The average Bonchev–Trinajstić information content (AvgIpc) is 2.13. The molecular formula is C14H23NO2S. The van der Waals surface area contributed by atoms with Gasteiger partial charge in [-0.05, 0) is 23.5 Å². The van der Waals surface area contributed by atoms with E-state index in [9.17, 15) is 8.42 Å². The molecule has 18 heavy (non-hydrogen) atoms. The van der Waals surface area contributed by atoms with Crippen molar-refractivity contribution in [3.05, 3.63) is 35.4 Å². The molecule has 1 atom stereocenters. The zero-order valence-electron chi connectivity index (χ0n) is 11.6. The van der Waals surface area contributed by atoms with Gasteiger partial charge in [-0.25, -0.2) is 8.42 Å². The van der Waals surface area contributed by atoms with Crippen molar-refractivity contribution < 1.29 is 8.42 Å². The fourth-order valence-electron chi connectivity index (χ4n) is 1.81. The highest BCUT2D eigenvalue weighted by molar-refractivity contribution is 7.90. The number of hydrogen-bond acceptors (Lipinski definition) is 3. The second-order valence-corrected chi connectivity index (χ2v) is 8.09. The Labute approximate surface area is 110 Å². The van der Waals surface area contributed by atoms with Crippen LogP contribution in [0.2, 0.25) is 0 Å². The number of hydrogen-bond donors (Lipinski definition) is 1. The molecule has 0 radical (unpaired) electrons. The van der Waals surface area contributed by atoms with E-state index in [-0.39, 0.29) is 23.0 Å². The number of sulfone groups is 1. The van der Waals surface area contributed by atoms with Crippen molar-refractivity contribution in [3.8, 4) is 0 Å². The van der Waals surface area contributed by atoms with Gasteiger partial charge in [0.1, 0.15) is 0 Å². The van der Waals surface area contributed by atoms with Gasteiger partial charge in [0.2, 0.25) is 0 Å². The maximum atomic E-state index is 11.8. The Bertz CT molecular complexity index is 482. The van der Waals surface area contributed by atoms with E-state index in [0.29, 0.717) is 0 Å². The van der Waals surface area contributed by atoms with Gasteiger partial charge in [0.05, 0.1) is 11.5 Å². The van der Waals surface area contributed by atoms with Gasteiger partial charge in [-0.2, -0.15) is 0 Å². The largest absolute Gasteiger partial charge is 0.327 e. The summed E-state index contributed by atoms with van der Waals surface area (Å²) in [5.74, 6) is 0.104. The Kier molecular flexibility index (Phi) is 4.56. The van der Waals surface area contributed by atoms with Crippen LogP contribution >= 0.6 is 0 Å². The Morgan fingerprint density at radius 3 is 2.06 bits per heavy atom. The molecule has 4 heteroatoms. The topological polar surface area (TPSA) is 60.2 Å². The van der Waals surface area contributed by atoms with Crippen molar-refractivity contribution in [1.82, 2.24) is 0 Å². The minimum absolute atomic E-state index is 0.0357. The number of rotatable bonds is 4. The van der Waals surface area contributed by atoms with Crippen LogP contribution in [0.15, 0.2) is 24.3 Å². The molecule has 3 nitrogen and oxygen atoms in total. The molecule has 0 heterocycles. The van der Waals surface area contributed by atoms with Crippen LogP contribution in [0.25, 0.3) is 0 Å². The Morgan fingerprint density at radius 2 is 1.67 bits per heavy atom. The third kappa shape index (κ3) is 4.78. The van der Waals surface area contributed by atoms with Crippen molar-refractivity contribution in [2.75, 3.05) is 5.75 Å². The lowest BCUT2D eigenvalue weighted by Crippen LogP contribution is -2.27. The normalized spacial score (nSPS) is 14.5. The quantitative estimate of drug-likeness (QED) is 0.912. The smallest absolute Gasteiger partial charge is 0.155 e. The summed E-state index contributed by atoms with van der Waals surface area (Å²) in [7, 11) is -3.11. The van der Waals surface area contributed by atoms with Gasteiger partial charge >= 0.3 is 0 Å². The van der Waals surface area contributed by atoms with Crippen LogP contribution in [0.5, 0.6) is 0 Å². The summed E-state index contributed by atoms with van der Waals surface area (Å²) < 4.78 is 23.6. The number of nitrogens with two attached hydrogens (primary N) is 1. The molecule has 1 aromatic carbocycles. The molecule has 0 fully saturated rings. The maximum Gasteiger partial charge on any atom is 0.155 e. The Morgan fingerprint density at radius 1 is 1.17 bits per heavy atom.